The van der Waals surface area contributed by atoms with Crippen LogP contribution in [0, 0.1) is 10.8 Å². The van der Waals surface area contributed by atoms with Crippen molar-refractivity contribution in [2.45, 2.75) is 18.4 Å². The van der Waals surface area contributed by atoms with Gasteiger partial charge in [0, 0.05) is 34.4 Å². The Kier molecular flexibility index (Phi) is 6.14. The zero-order valence-electron chi connectivity index (χ0n) is 16.4. The molecule has 2 aromatic carbocycles. The molecule has 31 heavy (non-hydrogen) atoms. The van der Waals surface area contributed by atoms with Gasteiger partial charge in [-0.25, -0.2) is 0 Å². The van der Waals surface area contributed by atoms with Crippen LogP contribution >= 0.6 is 34.8 Å². The van der Waals surface area contributed by atoms with Gasteiger partial charge >= 0.3 is 0 Å². The van der Waals surface area contributed by atoms with E-state index in [1.165, 1.54) is 0 Å². The number of hydrogen-bond donors (Lipinski definition) is 6. The number of halogens is 3. The molecule has 0 saturated carbocycles. The average molecular weight is 476 g/mol. The number of allylic oxidation sites excluding steroid dienone is 1. The van der Waals surface area contributed by atoms with Crippen molar-refractivity contribution in [2.24, 2.45) is 5.73 Å². The third-order valence-corrected chi connectivity index (χ3v) is 6.32. The number of fused-ring (bicyclic) bond motifs is 3. The number of hydrogen-bond acceptors (Lipinski definition) is 3. The van der Waals surface area contributed by atoms with Gasteiger partial charge in [-0.3, -0.25) is 10.8 Å². The summed E-state index contributed by atoms with van der Waals surface area (Å²) in [4.78, 5) is 0. The number of rotatable bonds is 5. The molecule has 2 aliphatic rings. The smallest absolute Gasteiger partial charge is 0.185 e. The minimum atomic E-state index is -0.0577. The van der Waals surface area contributed by atoms with E-state index >= 15 is 0 Å². The van der Waals surface area contributed by atoms with Crippen molar-refractivity contribution in [1.82, 2.24) is 10.6 Å². The Balaban J connectivity index is 1.62. The van der Waals surface area contributed by atoms with Crippen LogP contribution in [0.4, 0.5) is 5.69 Å². The van der Waals surface area contributed by atoms with Gasteiger partial charge in [-0.2, -0.15) is 0 Å². The fourth-order valence-corrected chi connectivity index (χ4v) is 4.41. The maximum Gasteiger partial charge on any atom is 0.185 e. The van der Waals surface area contributed by atoms with E-state index in [-0.39, 0.29) is 23.8 Å². The molecular formula is C22H21Cl3N6. The van der Waals surface area contributed by atoms with E-state index in [0.29, 0.717) is 33.6 Å². The number of amidine groups is 1. The molecule has 0 fully saturated rings. The quantitative estimate of drug-likeness (QED) is 0.275. The standard InChI is InChI=1S/C22H21Cl3N6/c23-13-2-4-19-15(9-13)16-10-14(7-11(20(16)31-19)5-6-29-22(27)28)30-21(26)12-1-3-17(24)18(25)8-12/h1-4,7-10,16,20,31H,5-6H2,(H2,26,30)(H4,27,28,29). The first-order valence-corrected chi connectivity index (χ1v) is 10.8. The summed E-state index contributed by atoms with van der Waals surface area (Å²) in [7, 11) is 0. The molecule has 2 unspecified atom stereocenters. The van der Waals surface area contributed by atoms with Crippen molar-refractivity contribution in [1.29, 1.82) is 10.8 Å². The predicted molar refractivity (Wildman–Crippen MR) is 129 cm³/mol. The van der Waals surface area contributed by atoms with E-state index in [4.69, 9.17) is 51.4 Å². The highest BCUT2D eigenvalue weighted by molar-refractivity contribution is 6.42. The van der Waals surface area contributed by atoms with E-state index in [2.05, 4.69) is 22.0 Å². The predicted octanol–water partition coefficient (Wildman–Crippen LogP) is 4.84. The number of anilines is 1. The maximum atomic E-state index is 8.48. The van der Waals surface area contributed by atoms with Crippen LogP contribution in [0.1, 0.15) is 23.5 Å². The summed E-state index contributed by atoms with van der Waals surface area (Å²) < 4.78 is 0. The summed E-state index contributed by atoms with van der Waals surface area (Å²) in [5, 5.41) is 27.0. The number of nitrogens with two attached hydrogens (primary N) is 1. The fraction of sp³-hybridized carbons (Fsp3) is 0.182. The minimum absolute atomic E-state index is 0.0577. The molecule has 0 spiro atoms. The first kappa shape index (κ1) is 21.6. The van der Waals surface area contributed by atoms with E-state index in [0.717, 1.165) is 22.5 Å². The van der Waals surface area contributed by atoms with Crippen molar-refractivity contribution >= 4 is 52.3 Å². The second-order valence-electron chi connectivity index (χ2n) is 7.44. The molecule has 0 radical (unpaired) electrons. The van der Waals surface area contributed by atoms with Crippen LogP contribution in [-0.4, -0.2) is 24.4 Å². The Labute approximate surface area is 195 Å². The van der Waals surface area contributed by atoms with Gasteiger partial charge in [0.1, 0.15) is 5.84 Å². The molecule has 2 aromatic rings. The number of benzene rings is 2. The van der Waals surface area contributed by atoms with Crippen molar-refractivity contribution in [3.8, 4) is 0 Å². The third kappa shape index (κ3) is 4.66. The lowest BCUT2D eigenvalue weighted by Crippen LogP contribution is -2.34. The lowest BCUT2D eigenvalue weighted by Gasteiger charge is -2.27. The zero-order valence-corrected chi connectivity index (χ0v) is 18.7. The van der Waals surface area contributed by atoms with Crippen LogP contribution in [0.5, 0.6) is 0 Å². The first-order valence-electron chi connectivity index (χ1n) is 9.69. The molecule has 1 aliphatic carbocycles. The van der Waals surface area contributed by atoms with Crippen LogP contribution in [0.25, 0.3) is 0 Å². The summed E-state index contributed by atoms with van der Waals surface area (Å²) in [5.74, 6) is 0.228. The summed E-state index contributed by atoms with van der Waals surface area (Å²) in [5.41, 5.74) is 10.2. The van der Waals surface area contributed by atoms with Gasteiger partial charge in [-0.1, -0.05) is 40.9 Å². The van der Waals surface area contributed by atoms with Crippen molar-refractivity contribution in [2.75, 3.05) is 11.9 Å². The molecule has 0 aromatic heterocycles. The average Bonchev–Trinajstić information content (AvgIpc) is 3.08. The highest BCUT2D eigenvalue weighted by Crippen LogP contribution is 2.44. The van der Waals surface area contributed by atoms with Crippen LogP contribution in [0.15, 0.2) is 59.8 Å². The molecule has 7 N–H and O–H groups in total. The second-order valence-corrected chi connectivity index (χ2v) is 8.69. The van der Waals surface area contributed by atoms with E-state index in [1.807, 2.05) is 24.3 Å². The third-order valence-electron chi connectivity index (χ3n) is 5.35. The lowest BCUT2D eigenvalue weighted by molar-refractivity contribution is 0.694. The van der Waals surface area contributed by atoms with Crippen molar-refractivity contribution < 1.29 is 0 Å². The molecule has 0 amide bonds. The van der Waals surface area contributed by atoms with Crippen molar-refractivity contribution in [3.05, 3.63) is 86.0 Å². The topological polar surface area (TPSA) is 110 Å². The minimum Gasteiger partial charge on any atom is -0.377 e. The van der Waals surface area contributed by atoms with Gasteiger partial charge in [0.2, 0.25) is 0 Å². The Morgan fingerprint density at radius 1 is 1.06 bits per heavy atom. The van der Waals surface area contributed by atoms with E-state index in [9.17, 15) is 0 Å². The number of guanidine groups is 1. The van der Waals surface area contributed by atoms with Crippen LogP contribution in [-0.2, 0) is 0 Å². The van der Waals surface area contributed by atoms with Crippen LogP contribution in [0.3, 0.4) is 0 Å². The first-order chi connectivity index (χ1) is 14.8. The normalized spacial score (nSPS) is 18.8. The molecule has 1 aliphatic heterocycles. The Morgan fingerprint density at radius 2 is 1.87 bits per heavy atom. The maximum absolute atomic E-state index is 8.48. The Bertz CT molecular complexity index is 1120. The highest BCUT2D eigenvalue weighted by atomic mass is 35.5. The largest absolute Gasteiger partial charge is 0.377 e. The van der Waals surface area contributed by atoms with Crippen LogP contribution < -0.4 is 21.7 Å². The highest BCUT2D eigenvalue weighted by Gasteiger charge is 2.35. The molecule has 6 nitrogen and oxygen atoms in total. The van der Waals surface area contributed by atoms with Gasteiger partial charge in [0.25, 0.3) is 0 Å². The SMILES string of the molecule is N=C(N)NCCC1=CC(NC(=N)c2ccc(Cl)c(Cl)c2)=CC2c3cc(Cl)ccc3NC12. The fourth-order valence-electron chi connectivity index (χ4n) is 3.93. The molecule has 1 heterocycles. The van der Waals surface area contributed by atoms with Crippen LogP contribution in [0.2, 0.25) is 15.1 Å². The summed E-state index contributed by atoms with van der Waals surface area (Å²) in [6, 6.07) is 11.0. The lowest BCUT2D eigenvalue weighted by atomic mass is 9.84. The summed E-state index contributed by atoms with van der Waals surface area (Å²) in [6.07, 6.45) is 4.83. The molecular weight excluding hydrogens is 455 g/mol. The summed E-state index contributed by atoms with van der Waals surface area (Å²) >= 11 is 18.4. The Morgan fingerprint density at radius 3 is 2.61 bits per heavy atom. The van der Waals surface area contributed by atoms with Crippen molar-refractivity contribution in [3.63, 3.8) is 0 Å². The van der Waals surface area contributed by atoms with E-state index < -0.39 is 0 Å². The molecule has 0 bridgehead atoms. The molecule has 9 heteroatoms. The summed E-state index contributed by atoms with van der Waals surface area (Å²) in [6.45, 7) is 0.542. The van der Waals surface area contributed by atoms with Gasteiger partial charge < -0.3 is 21.7 Å². The van der Waals surface area contributed by atoms with Gasteiger partial charge in [-0.15, -0.1) is 0 Å². The number of nitrogens with one attached hydrogen (secondary N) is 5. The zero-order chi connectivity index (χ0) is 22.1. The van der Waals surface area contributed by atoms with Gasteiger partial charge in [0.15, 0.2) is 5.96 Å². The monoisotopic (exact) mass is 474 g/mol. The van der Waals surface area contributed by atoms with Gasteiger partial charge in [0.05, 0.1) is 16.1 Å². The molecule has 160 valence electrons. The van der Waals surface area contributed by atoms with Gasteiger partial charge in [-0.05, 0) is 60.0 Å². The second kappa shape index (κ2) is 8.83. The van der Waals surface area contributed by atoms with E-state index in [1.54, 1.807) is 18.2 Å². The Hall–Kier alpha value is -2.67. The molecule has 2 atom stereocenters. The molecule has 4 rings (SSSR count). The molecule has 0 saturated heterocycles.